The van der Waals surface area contributed by atoms with Gasteiger partial charge < -0.3 is 14.2 Å². The second-order valence-electron chi connectivity index (χ2n) is 5.13. The Labute approximate surface area is 147 Å². The molecule has 0 aliphatic carbocycles. The molecule has 0 saturated heterocycles. The first-order chi connectivity index (χ1) is 12.2. The number of ether oxygens (including phenoxy) is 3. The highest BCUT2D eigenvalue weighted by Crippen LogP contribution is 2.27. The maximum absolute atomic E-state index is 12.0. The Morgan fingerprint density at radius 3 is 2.56 bits per heavy atom. The maximum Gasteiger partial charge on any atom is 0.244 e. The van der Waals surface area contributed by atoms with E-state index in [0.29, 0.717) is 18.1 Å². The van der Waals surface area contributed by atoms with Crippen molar-refractivity contribution in [1.82, 2.24) is 5.43 Å². The van der Waals surface area contributed by atoms with Gasteiger partial charge in [0.25, 0.3) is 0 Å². The molecule has 2 aromatic rings. The third kappa shape index (κ3) is 5.24. The molecule has 0 atom stereocenters. The van der Waals surface area contributed by atoms with E-state index < -0.39 is 0 Å². The summed E-state index contributed by atoms with van der Waals surface area (Å²) < 4.78 is 15.9. The molecule has 0 spiro atoms. The second kappa shape index (κ2) is 9.32. The average molecular weight is 342 g/mol. The summed E-state index contributed by atoms with van der Waals surface area (Å²) in [5.41, 5.74) is 4.13. The molecule has 0 aliphatic heterocycles. The summed E-state index contributed by atoms with van der Waals surface area (Å²) in [7, 11) is 3.13. The van der Waals surface area contributed by atoms with Gasteiger partial charge in [0, 0.05) is 5.56 Å². The molecule has 6 heteroatoms. The molecule has 2 aromatic carbocycles. The van der Waals surface area contributed by atoms with Gasteiger partial charge in [-0.25, -0.2) is 5.43 Å². The van der Waals surface area contributed by atoms with Gasteiger partial charge in [-0.3, -0.25) is 4.79 Å². The van der Waals surface area contributed by atoms with E-state index in [-0.39, 0.29) is 12.3 Å². The fourth-order valence-electron chi connectivity index (χ4n) is 2.26. The molecule has 0 radical (unpaired) electrons. The van der Waals surface area contributed by atoms with E-state index in [1.807, 2.05) is 37.3 Å². The van der Waals surface area contributed by atoms with Crippen LogP contribution in [0.15, 0.2) is 47.6 Å². The van der Waals surface area contributed by atoms with Gasteiger partial charge in [-0.2, -0.15) is 5.10 Å². The number of carbonyl (C=O) groups is 1. The summed E-state index contributed by atoms with van der Waals surface area (Å²) >= 11 is 0. The number of methoxy groups -OCH3 is 2. The number of hydrogen-bond donors (Lipinski definition) is 1. The first-order valence-electron chi connectivity index (χ1n) is 7.92. The third-order valence-electron chi connectivity index (χ3n) is 3.42. The molecule has 132 valence electrons. The predicted molar refractivity (Wildman–Crippen MR) is 96.6 cm³/mol. The van der Waals surface area contributed by atoms with Crippen molar-refractivity contribution >= 4 is 12.1 Å². The molecule has 1 N–H and O–H groups in total. The van der Waals surface area contributed by atoms with Crippen molar-refractivity contribution in [1.29, 1.82) is 0 Å². The van der Waals surface area contributed by atoms with E-state index in [9.17, 15) is 4.79 Å². The van der Waals surface area contributed by atoms with E-state index in [0.717, 1.165) is 16.9 Å². The Balaban J connectivity index is 1.97. The van der Waals surface area contributed by atoms with Crippen molar-refractivity contribution in [2.24, 2.45) is 5.10 Å². The van der Waals surface area contributed by atoms with Crippen LogP contribution in [0.3, 0.4) is 0 Å². The number of hydrogen-bond acceptors (Lipinski definition) is 5. The third-order valence-corrected chi connectivity index (χ3v) is 3.42. The zero-order chi connectivity index (χ0) is 18.1. The number of para-hydroxylation sites is 1. The minimum Gasteiger partial charge on any atom is -0.493 e. The number of amides is 1. The molecule has 0 bridgehead atoms. The quantitative estimate of drug-likeness (QED) is 0.592. The summed E-state index contributed by atoms with van der Waals surface area (Å²) in [6.07, 6.45) is 1.75. The molecule has 1 amide bonds. The predicted octanol–water partition coefficient (Wildman–Crippen LogP) is 2.80. The number of carbonyl (C=O) groups excluding carboxylic acids is 1. The lowest BCUT2D eigenvalue weighted by Gasteiger charge is -2.09. The SMILES string of the molecule is CCOc1ccccc1/C=N/NC(=O)Cc1ccc(OC)c(OC)c1. The van der Waals surface area contributed by atoms with Crippen LogP contribution in [-0.2, 0) is 11.2 Å². The van der Waals surface area contributed by atoms with E-state index in [1.165, 1.54) is 0 Å². The fourth-order valence-corrected chi connectivity index (χ4v) is 2.26. The molecule has 25 heavy (non-hydrogen) atoms. The number of rotatable bonds is 8. The molecule has 6 nitrogen and oxygen atoms in total. The van der Waals surface area contributed by atoms with Gasteiger partial charge in [0.1, 0.15) is 5.75 Å². The Morgan fingerprint density at radius 2 is 1.84 bits per heavy atom. The first-order valence-corrected chi connectivity index (χ1v) is 7.92. The standard InChI is InChI=1S/C19H22N2O4/c1-4-25-16-8-6-5-7-15(16)13-20-21-19(22)12-14-9-10-17(23-2)18(11-14)24-3/h5-11,13H,4,12H2,1-3H3,(H,21,22)/b20-13+. The van der Waals surface area contributed by atoms with Crippen LogP contribution < -0.4 is 19.6 Å². The molecule has 0 unspecified atom stereocenters. The number of nitrogens with one attached hydrogen (secondary N) is 1. The lowest BCUT2D eigenvalue weighted by molar-refractivity contribution is -0.120. The Morgan fingerprint density at radius 1 is 1.08 bits per heavy atom. The highest BCUT2D eigenvalue weighted by Gasteiger charge is 2.08. The van der Waals surface area contributed by atoms with Crippen molar-refractivity contribution in [3.05, 3.63) is 53.6 Å². The van der Waals surface area contributed by atoms with Crippen LogP contribution in [0.1, 0.15) is 18.1 Å². The molecule has 2 rings (SSSR count). The van der Waals surface area contributed by atoms with E-state index in [4.69, 9.17) is 14.2 Å². The molecule has 0 heterocycles. The van der Waals surface area contributed by atoms with Crippen molar-refractivity contribution < 1.29 is 19.0 Å². The van der Waals surface area contributed by atoms with Gasteiger partial charge in [0.15, 0.2) is 11.5 Å². The topological polar surface area (TPSA) is 69.2 Å². The lowest BCUT2D eigenvalue weighted by atomic mass is 10.1. The Bertz CT molecular complexity index is 744. The minimum atomic E-state index is -0.225. The van der Waals surface area contributed by atoms with Gasteiger partial charge in [-0.1, -0.05) is 18.2 Å². The highest BCUT2D eigenvalue weighted by molar-refractivity contribution is 5.85. The van der Waals surface area contributed by atoms with Crippen molar-refractivity contribution in [2.45, 2.75) is 13.3 Å². The summed E-state index contributed by atoms with van der Waals surface area (Å²) in [5.74, 6) is 1.71. The number of nitrogens with zero attached hydrogens (tertiary/aromatic N) is 1. The van der Waals surface area contributed by atoms with Crippen molar-refractivity contribution in [2.75, 3.05) is 20.8 Å². The lowest BCUT2D eigenvalue weighted by Crippen LogP contribution is -2.19. The average Bonchev–Trinajstić information content (AvgIpc) is 2.63. The molecule has 0 fully saturated rings. The van der Waals surface area contributed by atoms with Crippen LogP contribution in [0.25, 0.3) is 0 Å². The fraction of sp³-hybridized carbons (Fsp3) is 0.263. The van der Waals surface area contributed by atoms with Gasteiger partial charge in [0.2, 0.25) is 5.91 Å². The number of benzene rings is 2. The molecule has 0 aliphatic rings. The zero-order valence-electron chi connectivity index (χ0n) is 14.6. The van der Waals surface area contributed by atoms with Crippen LogP contribution in [-0.4, -0.2) is 32.9 Å². The molecule has 0 aromatic heterocycles. The smallest absolute Gasteiger partial charge is 0.244 e. The van der Waals surface area contributed by atoms with Crippen molar-refractivity contribution in [3.63, 3.8) is 0 Å². The van der Waals surface area contributed by atoms with Crippen LogP contribution in [0, 0.1) is 0 Å². The van der Waals surface area contributed by atoms with E-state index in [1.54, 1.807) is 32.6 Å². The van der Waals surface area contributed by atoms with Crippen molar-refractivity contribution in [3.8, 4) is 17.2 Å². The molecular formula is C19H22N2O4. The summed E-state index contributed by atoms with van der Waals surface area (Å²) in [6, 6.07) is 12.9. The van der Waals surface area contributed by atoms with Crippen LogP contribution in [0.4, 0.5) is 0 Å². The van der Waals surface area contributed by atoms with Gasteiger partial charge >= 0.3 is 0 Å². The number of hydrazone groups is 1. The van der Waals surface area contributed by atoms with Crippen LogP contribution in [0.2, 0.25) is 0 Å². The summed E-state index contributed by atoms with van der Waals surface area (Å²) in [6.45, 7) is 2.48. The molecule has 0 saturated carbocycles. The largest absolute Gasteiger partial charge is 0.493 e. The zero-order valence-corrected chi connectivity index (χ0v) is 14.6. The van der Waals surface area contributed by atoms with Crippen LogP contribution >= 0.6 is 0 Å². The second-order valence-corrected chi connectivity index (χ2v) is 5.13. The first kappa shape index (κ1) is 18.3. The summed E-state index contributed by atoms with van der Waals surface area (Å²) in [5, 5.41) is 4.00. The monoisotopic (exact) mass is 342 g/mol. The van der Waals surface area contributed by atoms with E-state index in [2.05, 4.69) is 10.5 Å². The Kier molecular flexibility index (Phi) is 6.83. The van der Waals surface area contributed by atoms with Gasteiger partial charge in [-0.15, -0.1) is 0 Å². The molecular weight excluding hydrogens is 320 g/mol. The van der Waals surface area contributed by atoms with Gasteiger partial charge in [0.05, 0.1) is 33.5 Å². The normalized spacial score (nSPS) is 10.5. The maximum atomic E-state index is 12.0. The Hall–Kier alpha value is -3.02. The highest BCUT2D eigenvalue weighted by atomic mass is 16.5. The minimum absolute atomic E-state index is 0.185. The summed E-state index contributed by atoms with van der Waals surface area (Å²) in [4.78, 5) is 12.0. The van der Waals surface area contributed by atoms with Crippen LogP contribution in [0.5, 0.6) is 17.2 Å². The van der Waals surface area contributed by atoms with E-state index >= 15 is 0 Å². The van der Waals surface area contributed by atoms with Gasteiger partial charge in [-0.05, 0) is 36.8 Å².